The van der Waals surface area contributed by atoms with E-state index in [0.717, 1.165) is 64.2 Å². The molecule has 2 saturated heterocycles. The molecule has 11 unspecified atom stereocenters. The Kier molecular flexibility index (Phi) is 26.2. The van der Waals surface area contributed by atoms with Crippen molar-refractivity contribution in [2.24, 2.45) is 0 Å². The second-order valence-electron chi connectivity index (χ2n) is 14.5. The number of carbonyl (C=O) groups is 1. The summed E-state index contributed by atoms with van der Waals surface area (Å²) in [5.74, 6) is -0.390. The second-order valence-corrected chi connectivity index (χ2v) is 14.5. The van der Waals surface area contributed by atoms with Gasteiger partial charge in [-0.05, 0) is 32.1 Å². The van der Waals surface area contributed by atoms with Gasteiger partial charge in [0.15, 0.2) is 12.6 Å². The fraction of sp³-hybridized carbons (Fsp3) is 0.923. The Bertz CT molecular complexity index is 938. The van der Waals surface area contributed by atoms with E-state index in [0.29, 0.717) is 13.0 Å². The summed E-state index contributed by atoms with van der Waals surface area (Å²) < 4.78 is 33.9. The van der Waals surface area contributed by atoms with Gasteiger partial charge in [-0.15, -0.1) is 0 Å². The minimum Gasteiger partial charge on any atom is -0.457 e. The van der Waals surface area contributed by atoms with Gasteiger partial charge < -0.3 is 64.2 Å². The van der Waals surface area contributed by atoms with Crippen LogP contribution in [0.5, 0.6) is 0 Å². The monoisotopic (exact) mass is 764 g/mol. The van der Waals surface area contributed by atoms with E-state index in [1.807, 2.05) is 0 Å². The normalized spacial score (nSPS) is 29.8. The van der Waals surface area contributed by atoms with E-state index >= 15 is 0 Å². The molecule has 7 N–H and O–H groups in total. The van der Waals surface area contributed by atoms with Crippen molar-refractivity contribution in [2.75, 3.05) is 33.0 Å². The molecule has 11 atom stereocenters. The maximum atomic E-state index is 12.8. The lowest BCUT2D eigenvalue weighted by atomic mass is 9.98. The molecule has 0 amide bonds. The number of aliphatic hydroxyl groups is 7. The smallest absolute Gasteiger partial charge is 0.306 e. The standard InChI is InChI=1S/C39H72O14/c1-3-5-7-9-11-13-14-16-18-20-22-31(41)51-28(25-48-23-21-19-17-15-12-10-8-6-4-2)26-49-38-37(47)35(45)33(43)30(53-38)27-50-39-36(46)34(44)32(42)29(24-40)52-39/h7,9,28-30,32-40,42-47H,3-6,8,10-27H2,1-2H3/b9-7-. The quantitative estimate of drug-likeness (QED) is 0.0318. The van der Waals surface area contributed by atoms with Crippen molar-refractivity contribution in [1.82, 2.24) is 0 Å². The molecule has 14 heteroatoms. The Labute approximate surface area is 316 Å². The summed E-state index contributed by atoms with van der Waals surface area (Å²) in [4.78, 5) is 12.8. The van der Waals surface area contributed by atoms with Crippen LogP contribution in [0.2, 0.25) is 0 Å². The van der Waals surface area contributed by atoms with E-state index in [2.05, 4.69) is 26.0 Å². The van der Waals surface area contributed by atoms with Crippen LogP contribution in [0.3, 0.4) is 0 Å². The predicted octanol–water partition coefficient (Wildman–Crippen LogP) is 3.17. The lowest BCUT2D eigenvalue weighted by molar-refractivity contribution is -0.332. The summed E-state index contributed by atoms with van der Waals surface area (Å²) >= 11 is 0. The van der Waals surface area contributed by atoms with Gasteiger partial charge in [0.25, 0.3) is 0 Å². The Morgan fingerprint density at radius 3 is 1.79 bits per heavy atom. The van der Waals surface area contributed by atoms with Crippen molar-refractivity contribution in [3.63, 3.8) is 0 Å². The Morgan fingerprint density at radius 2 is 1.15 bits per heavy atom. The molecule has 2 aliphatic heterocycles. The summed E-state index contributed by atoms with van der Waals surface area (Å²) in [6.45, 7) is 3.57. The van der Waals surface area contributed by atoms with Crippen LogP contribution in [0.25, 0.3) is 0 Å². The van der Waals surface area contributed by atoms with Crippen molar-refractivity contribution in [1.29, 1.82) is 0 Å². The summed E-state index contributed by atoms with van der Waals surface area (Å²) in [5, 5.41) is 71.6. The maximum Gasteiger partial charge on any atom is 0.306 e. The molecule has 2 rings (SSSR count). The van der Waals surface area contributed by atoms with Crippen LogP contribution in [-0.2, 0) is 33.2 Å². The van der Waals surface area contributed by atoms with Crippen LogP contribution < -0.4 is 0 Å². The van der Waals surface area contributed by atoms with E-state index in [4.69, 9.17) is 28.4 Å². The molecule has 0 spiro atoms. The molecule has 14 nitrogen and oxygen atoms in total. The molecule has 0 aromatic carbocycles. The van der Waals surface area contributed by atoms with E-state index in [1.165, 1.54) is 38.5 Å². The van der Waals surface area contributed by atoms with Crippen LogP contribution >= 0.6 is 0 Å². The lowest BCUT2D eigenvalue weighted by Crippen LogP contribution is -2.61. The van der Waals surface area contributed by atoms with Gasteiger partial charge in [-0.1, -0.05) is 103 Å². The van der Waals surface area contributed by atoms with Crippen LogP contribution in [-0.4, -0.2) is 142 Å². The number of hydrogen-bond acceptors (Lipinski definition) is 14. The van der Waals surface area contributed by atoms with Gasteiger partial charge in [-0.2, -0.15) is 0 Å². The zero-order chi connectivity index (χ0) is 38.8. The van der Waals surface area contributed by atoms with Crippen LogP contribution in [0.4, 0.5) is 0 Å². The highest BCUT2D eigenvalue weighted by atomic mass is 16.7. The molecule has 0 aromatic heterocycles. The lowest BCUT2D eigenvalue weighted by Gasteiger charge is -2.42. The van der Waals surface area contributed by atoms with Crippen LogP contribution in [0.15, 0.2) is 12.2 Å². The number of allylic oxidation sites excluding steroid dienone is 2. The molecule has 0 saturated carbocycles. The van der Waals surface area contributed by atoms with Crippen LogP contribution in [0, 0.1) is 0 Å². The first-order chi connectivity index (χ1) is 25.6. The highest BCUT2D eigenvalue weighted by molar-refractivity contribution is 5.69. The predicted molar refractivity (Wildman–Crippen MR) is 197 cm³/mol. The van der Waals surface area contributed by atoms with Gasteiger partial charge in [0.05, 0.1) is 26.4 Å². The highest BCUT2D eigenvalue weighted by Crippen LogP contribution is 2.26. The third kappa shape index (κ3) is 19.0. The molecule has 2 heterocycles. The second kappa shape index (κ2) is 29.0. The molecule has 0 bridgehead atoms. The van der Waals surface area contributed by atoms with E-state index in [1.54, 1.807) is 0 Å². The van der Waals surface area contributed by atoms with Gasteiger partial charge in [-0.25, -0.2) is 0 Å². The minimum atomic E-state index is -1.70. The number of esters is 1. The third-order valence-corrected chi connectivity index (χ3v) is 9.76. The first kappa shape index (κ1) is 47.9. The van der Waals surface area contributed by atoms with E-state index in [9.17, 15) is 40.5 Å². The fourth-order valence-corrected chi connectivity index (χ4v) is 6.34. The molecule has 0 radical (unpaired) electrons. The molecule has 2 fully saturated rings. The van der Waals surface area contributed by atoms with Crippen molar-refractivity contribution >= 4 is 5.97 Å². The molecule has 0 aliphatic carbocycles. The molecule has 312 valence electrons. The largest absolute Gasteiger partial charge is 0.457 e. The number of unbranched alkanes of at least 4 members (excludes halogenated alkanes) is 14. The third-order valence-electron chi connectivity index (χ3n) is 9.76. The zero-order valence-corrected chi connectivity index (χ0v) is 32.3. The SMILES string of the molecule is CCC/C=C\CCCCCCCC(=O)OC(COCCCCCCCCCCC)COC1OC(COC2OC(CO)C(O)C(O)C2O)C(O)C(O)C1O. The summed E-state index contributed by atoms with van der Waals surface area (Å²) in [5.41, 5.74) is 0. The van der Waals surface area contributed by atoms with Gasteiger partial charge >= 0.3 is 5.97 Å². The highest BCUT2D eigenvalue weighted by Gasteiger charge is 2.47. The van der Waals surface area contributed by atoms with Gasteiger partial charge in [0, 0.05) is 13.0 Å². The van der Waals surface area contributed by atoms with Crippen LogP contribution in [0.1, 0.15) is 129 Å². The molecule has 53 heavy (non-hydrogen) atoms. The summed E-state index contributed by atoms with van der Waals surface area (Å²) in [6, 6.07) is 0. The number of hydrogen-bond donors (Lipinski definition) is 7. The Balaban J connectivity index is 1.87. The first-order valence-corrected chi connectivity index (χ1v) is 20.3. The van der Waals surface area contributed by atoms with Gasteiger partial charge in [0.1, 0.15) is 54.9 Å². The summed E-state index contributed by atoms with van der Waals surface area (Å²) in [7, 11) is 0. The molecular weight excluding hydrogens is 692 g/mol. The van der Waals surface area contributed by atoms with E-state index < -0.39 is 80.7 Å². The van der Waals surface area contributed by atoms with Crippen molar-refractivity contribution in [3.8, 4) is 0 Å². The number of ether oxygens (including phenoxy) is 6. The Morgan fingerprint density at radius 1 is 0.604 bits per heavy atom. The number of carbonyl (C=O) groups excluding carboxylic acids is 1. The molecular formula is C39H72O14. The number of rotatable bonds is 30. The topological polar surface area (TPSA) is 214 Å². The zero-order valence-electron chi connectivity index (χ0n) is 32.3. The molecule has 0 aromatic rings. The maximum absolute atomic E-state index is 12.8. The average molecular weight is 765 g/mol. The average Bonchev–Trinajstić information content (AvgIpc) is 3.15. The van der Waals surface area contributed by atoms with Crippen molar-refractivity contribution in [3.05, 3.63) is 12.2 Å². The van der Waals surface area contributed by atoms with E-state index in [-0.39, 0.29) is 25.6 Å². The Hall–Kier alpha value is -1.27. The first-order valence-electron chi connectivity index (χ1n) is 20.3. The minimum absolute atomic E-state index is 0.0615. The van der Waals surface area contributed by atoms with Gasteiger partial charge in [0.2, 0.25) is 0 Å². The van der Waals surface area contributed by atoms with Crippen molar-refractivity contribution < 1.29 is 69.0 Å². The van der Waals surface area contributed by atoms with Crippen molar-refractivity contribution in [2.45, 2.75) is 197 Å². The number of aliphatic hydroxyl groups excluding tert-OH is 7. The molecule has 2 aliphatic rings. The summed E-state index contributed by atoms with van der Waals surface area (Å²) in [6.07, 6.45) is 7.35. The fourth-order valence-electron chi connectivity index (χ4n) is 6.34. The van der Waals surface area contributed by atoms with Gasteiger partial charge in [-0.3, -0.25) is 4.79 Å².